The van der Waals surface area contributed by atoms with Crippen LogP contribution >= 0.6 is 0 Å². The van der Waals surface area contributed by atoms with E-state index < -0.39 is 46.2 Å². The SMILES string of the molecule is COc1cccc(C(=O)O[C@H]2CC3[C@](C)(CC[C@H](C)[C@@]3(C)COC(C)=O)C3[C@@H](O)c4c(cc(-c5cccnc5)oc4=O)O[C@@]32C)c1. The number of benzene rings is 1. The molecule has 1 N–H and O–H groups in total. The lowest BCUT2D eigenvalue weighted by Crippen LogP contribution is -2.70. The van der Waals surface area contributed by atoms with Crippen LogP contribution in [0.3, 0.4) is 0 Å². The Morgan fingerprint density at radius 2 is 1.91 bits per heavy atom. The number of hydrogen-bond donors (Lipinski definition) is 1. The molecular weight excluding hydrogens is 590 g/mol. The average molecular weight is 632 g/mol. The number of carbonyl (C=O) groups excluding carboxylic acids is 2. The molecule has 6 rings (SSSR count). The van der Waals surface area contributed by atoms with E-state index in [1.165, 1.54) is 14.0 Å². The van der Waals surface area contributed by atoms with Crippen LogP contribution in [-0.4, -0.2) is 47.5 Å². The number of aliphatic hydroxyl groups excluding tert-OH is 1. The Labute approximate surface area is 268 Å². The molecule has 3 heterocycles. The summed E-state index contributed by atoms with van der Waals surface area (Å²) in [5, 5.41) is 12.3. The summed E-state index contributed by atoms with van der Waals surface area (Å²) in [5.41, 5.74) is -2.13. The lowest BCUT2D eigenvalue weighted by atomic mass is 9.41. The first-order valence-corrected chi connectivity index (χ1v) is 15.8. The predicted octanol–water partition coefficient (Wildman–Crippen LogP) is 5.76. The lowest BCUT2D eigenvalue weighted by Gasteiger charge is -2.66. The summed E-state index contributed by atoms with van der Waals surface area (Å²) in [5.74, 6) is -0.696. The Morgan fingerprint density at radius 3 is 2.61 bits per heavy atom. The van der Waals surface area contributed by atoms with Gasteiger partial charge >= 0.3 is 17.6 Å². The number of carbonyl (C=O) groups is 2. The third-order valence-corrected chi connectivity index (χ3v) is 11.2. The van der Waals surface area contributed by atoms with E-state index in [-0.39, 0.29) is 41.5 Å². The Morgan fingerprint density at radius 1 is 1.13 bits per heavy atom. The number of esters is 2. The number of hydrogen-bond acceptors (Lipinski definition) is 10. The molecule has 0 amide bonds. The second kappa shape index (κ2) is 11.6. The van der Waals surface area contributed by atoms with Gasteiger partial charge in [-0.3, -0.25) is 9.78 Å². The number of nitrogens with zero attached hydrogens (tertiary/aromatic N) is 1. The molecule has 3 aliphatic rings. The zero-order chi connectivity index (χ0) is 33.0. The van der Waals surface area contributed by atoms with E-state index in [1.54, 1.807) is 54.9 Å². The maximum atomic E-state index is 13.8. The Hall–Kier alpha value is -4.18. The maximum Gasteiger partial charge on any atom is 0.345 e. The topological polar surface area (TPSA) is 134 Å². The molecule has 2 fully saturated rings. The molecule has 46 heavy (non-hydrogen) atoms. The highest BCUT2D eigenvalue weighted by Crippen LogP contribution is 2.68. The van der Waals surface area contributed by atoms with Gasteiger partial charge in [-0.05, 0) is 73.8 Å². The number of rotatable bonds is 6. The van der Waals surface area contributed by atoms with Gasteiger partial charge in [-0.15, -0.1) is 0 Å². The minimum absolute atomic E-state index is 0.0372. The first kappa shape index (κ1) is 31.8. The van der Waals surface area contributed by atoms with Crippen molar-refractivity contribution in [2.24, 2.45) is 28.6 Å². The molecule has 1 aromatic carbocycles. The van der Waals surface area contributed by atoms with Crippen LogP contribution in [0.15, 0.2) is 64.1 Å². The van der Waals surface area contributed by atoms with Gasteiger partial charge in [0.2, 0.25) is 0 Å². The van der Waals surface area contributed by atoms with Gasteiger partial charge in [0.1, 0.15) is 34.5 Å². The molecule has 2 saturated carbocycles. The predicted molar refractivity (Wildman–Crippen MR) is 167 cm³/mol. The van der Waals surface area contributed by atoms with E-state index in [1.807, 2.05) is 6.92 Å². The van der Waals surface area contributed by atoms with Crippen molar-refractivity contribution in [3.05, 3.63) is 76.4 Å². The first-order valence-electron chi connectivity index (χ1n) is 15.8. The quantitative estimate of drug-likeness (QED) is 0.335. The highest BCUT2D eigenvalue weighted by Gasteiger charge is 2.70. The van der Waals surface area contributed by atoms with Crippen LogP contribution < -0.4 is 15.1 Å². The van der Waals surface area contributed by atoms with Gasteiger partial charge in [0.25, 0.3) is 0 Å². The molecule has 0 spiro atoms. The van der Waals surface area contributed by atoms with Crippen molar-refractivity contribution < 1.29 is 38.1 Å². The minimum atomic E-state index is -1.29. The second-order valence-corrected chi connectivity index (χ2v) is 13.8. The van der Waals surface area contributed by atoms with Crippen LogP contribution in [0.1, 0.15) is 75.9 Å². The highest BCUT2D eigenvalue weighted by molar-refractivity contribution is 5.90. The molecule has 3 aromatic rings. The van der Waals surface area contributed by atoms with E-state index in [9.17, 15) is 19.5 Å². The summed E-state index contributed by atoms with van der Waals surface area (Å²) in [6.07, 6.45) is 2.98. The summed E-state index contributed by atoms with van der Waals surface area (Å²) in [6, 6.07) is 11.8. The van der Waals surface area contributed by atoms with E-state index in [4.69, 9.17) is 23.4 Å². The van der Waals surface area contributed by atoms with Crippen molar-refractivity contribution in [1.29, 1.82) is 0 Å². The second-order valence-electron chi connectivity index (χ2n) is 13.8. The van der Waals surface area contributed by atoms with Crippen molar-refractivity contribution in [2.75, 3.05) is 13.7 Å². The van der Waals surface area contributed by atoms with Crippen LogP contribution in [0.4, 0.5) is 0 Å². The standard InChI is InChI=1S/C36H41NO9/c1-20-12-13-34(3)27(35(20,4)19-43-21(2)38)17-28(45-32(40)22-9-7-11-24(15-22)42-6)36(5)31(34)30(39)29-26(46-36)16-25(44-33(29)41)23-10-8-14-37-18-23/h7-11,14-16,18,20,27-28,30-31,39H,12-13,17,19H2,1-6H3/t20-,27?,28-,30-,31?,34-,35+,36+/m0/s1. The smallest absolute Gasteiger partial charge is 0.345 e. The van der Waals surface area contributed by atoms with Crippen LogP contribution in [0.2, 0.25) is 0 Å². The molecule has 0 saturated heterocycles. The average Bonchev–Trinajstić information content (AvgIpc) is 3.03. The molecule has 10 nitrogen and oxygen atoms in total. The zero-order valence-electron chi connectivity index (χ0n) is 27.1. The van der Waals surface area contributed by atoms with Gasteiger partial charge in [-0.2, -0.15) is 0 Å². The molecule has 8 atom stereocenters. The summed E-state index contributed by atoms with van der Waals surface area (Å²) >= 11 is 0. The van der Waals surface area contributed by atoms with Gasteiger partial charge in [0.05, 0.1) is 25.4 Å². The van der Waals surface area contributed by atoms with Crippen molar-refractivity contribution in [3.8, 4) is 22.8 Å². The third-order valence-electron chi connectivity index (χ3n) is 11.2. The first-order chi connectivity index (χ1) is 21.8. The molecule has 0 bridgehead atoms. The molecule has 10 heteroatoms. The Kier molecular flexibility index (Phi) is 7.99. The molecule has 0 radical (unpaired) electrons. The van der Waals surface area contributed by atoms with E-state index >= 15 is 0 Å². The molecule has 1 aliphatic heterocycles. The number of methoxy groups -OCH3 is 1. The van der Waals surface area contributed by atoms with Crippen LogP contribution in [-0.2, 0) is 14.3 Å². The van der Waals surface area contributed by atoms with Crippen LogP contribution in [0, 0.1) is 28.6 Å². The van der Waals surface area contributed by atoms with Gasteiger partial charge in [-0.25, -0.2) is 9.59 Å². The Bertz CT molecular complexity index is 1700. The van der Waals surface area contributed by atoms with E-state index in [0.29, 0.717) is 23.3 Å². The summed E-state index contributed by atoms with van der Waals surface area (Å²) < 4.78 is 29.9. The molecule has 2 unspecified atom stereocenters. The molecular formula is C36H41NO9. The summed E-state index contributed by atoms with van der Waals surface area (Å²) in [6.45, 7) is 9.78. The van der Waals surface area contributed by atoms with Crippen molar-refractivity contribution in [2.45, 2.75) is 71.7 Å². The number of fused-ring (bicyclic) bond motifs is 4. The highest BCUT2D eigenvalue weighted by atomic mass is 16.6. The van der Waals surface area contributed by atoms with Gasteiger partial charge in [-0.1, -0.05) is 26.8 Å². The van der Waals surface area contributed by atoms with Crippen molar-refractivity contribution >= 4 is 11.9 Å². The minimum Gasteiger partial charge on any atom is -0.497 e. The number of pyridine rings is 1. The lowest BCUT2D eigenvalue weighted by molar-refractivity contribution is -0.257. The third kappa shape index (κ3) is 5.07. The number of aliphatic hydroxyl groups is 1. The van der Waals surface area contributed by atoms with Crippen molar-refractivity contribution in [3.63, 3.8) is 0 Å². The molecule has 2 aliphatic carbocycles. The molecule has 244 valence electrons. The van der Waals surface area contributed by atoms with Gasteiger partial charge < -0.3 is 28.5 Å². The monoisotopic (exact) mass is 631 g/mol. The van der Waals surface area contributed by atoms with E-state index in [2.05, 4.69) is 25.8 Å². The zero-order valence-corrected chi connectivity index (χ0v) is 27.1. The maximum absolute atomic E-state index is 13.8. The fourth-order valence-corrected chi connectivity index (χ4v) is 8.64. The molecule has 2 aromatic heterocycles. The van der Waals surface area contributed by atoms with Crippen LogP contribution in [0.5, 0.6) is 11.5 Å². The fraction of sp³-hybridized carbons (Fsp3) is 0.500. The summed E-state index contributed by atoms with van der Waals surface area (Å²) in [4.78, 5) is 43.5. The van der Waals surface area contributed by atoms with Crippen LogP contribution in [0.25, 0.3) is 11.3 Å². The Balaban J connectivity index is 1.49. The van der Waals surface area contributed by atoms with Crippen molar-refractivity contribution in [1.82, 2.24) is 4.98 Å². The van der Waals surface area contributed by atoms with Gasteiger partial charge in [0.15, 0.2) is 0 Å². The largest absolute Gasteiger partial charge is 0.497 e. The normalized spacial score (nSPS) is 33.0. The van der Waals surface area contributed by atoms with Gasteiger partial charge in [0, 0.05) is 42.3 Å². The number of ether oxygens (including phenoxy) is 4. The van der Waals surface area contributed by atoms with E-state index in [0.717, 1.165) is 12.8 Å². The summed E-state index contributed by atoms with van der Waals surface area (Å²) in [7, 11) is 1.53. The fourth-order valence-electron chi connectivity index (χ4n) is 8.64. The number of aromatic nitrogens is 1.